The van der Waals surface area contributed by atoms with Crippen LogP contribution < -0.4 is 10.2 Å². The molecule has 0 aliphatic carbocycles. The van der Waals surface area contributed by atoms with Crippen LogP contribution in [0.15, 0.2) is 12.4 Å². The van der Waals surface area contributed by atoms with E-state index in [2.05, 4.69) is 25.3 Å². The molecule has 0 atom stereocenters. The first-order valence-corrected chi connectivity index (χ1v) is 11.3. The van der Waals surface area contributed by atoms with E-state index in [1.165, 1.54) is 25.9 Å². The predicted molar refractivity (Wildman–Crippen MR) is 121 cm³/mol. The van der Waals surface area contributed by atoms with Crippen LogP contribution in [0.4, 0.5) is 32.2 Å². The Hall–Kier alpha value is -1.67. The van der Waals surface area contributed by atoms with Crippen molar-refractivity contribution >= 4 is 40.6 Å². The summed E-state index contributed by atoms with van der Waals surface area (Å²) >= 11 is 15.9. The van der Waals surface area contributed by atoms with Gasteiger partial charge in [-0.25, -0.2) is 15.0 Å². The molecule has 7 nitrogen and oxygen atoms in total. The molecule has 0 unspecified atom stereocenters. The summed E-state index contributed by atoms with van der Waals surface area (Å²) in [5, 5.41) is 9.06. The van der Waals surface area contributed by atoms with Crippen LogP contribution in [0, 0.1) is 0 Å². The Bertz CT molecular complexity index is 902. The summed E-state index contributed by atoms with van der Waals surface area (Å²) in [6, 6.07) is 0. The first-order chi connectivity index (χ1) is 16.4. The van der Waals surface area contributed by atoms with Crippen molar-refractivity contribution in [2.75, 3.05) is 38.2 Å². The van der Waals surface area contributed by atoms with Crippen LogP contribution >= 0.6 is 34.8 Å². The maximum atomic E-state index is 12.7. The highest BCUT2D eigenvalue weighted by atomic mass is 35.5. The van der Waals surface area contributed by atoms with Gasteiger partial charge in [-0.2, -0.15) is 31.3 Å². The maximum Gasteiger partial charge on any atom is 0.421 e. The quantitative estimate of drug-likeness (QED) is 0.264. The van der Waals surface area contributed by atoms with Crippen LogP contribution in [0.2, 0.25) is 15.7 Å². The number of anilines is 1. The largest absolute Gasteiger partial charge is 0.421 e. The molecule has 198 valence electrons. The Balaban J connectivity index is 0.000000282. The highest BCUT2D eigenvalue weighted by Crippen LogP contribution is 2.36. The molecule has 0 aromatic carbocycles. The van der Waals surface area contributed by atoms with Gasteiger partial charge in [0, 0.05) is 32.6 Å². The Morgan fingerprint density at radius 2 is 1.23 bits per heavy atom. The summed E-state index contributed by atoms with van der Waals surface area (Å²) in [6.07, 6.45) is -3.18. The molecule has 16 heteroatoms. The van der Waals surface area contributed by atoms with E-state index in [4.69, 9.17) is 39.9 Å². The van der Waals surface area contributed by atoms with Crippen molar-refractivity contribution in [2.45, 2.75) is 38.0 Å². The Kier molecular flexibility index (Phi) is 13.2. The molecule has 4 heterocycles. The van der Waals surface area contributed by atoms with Gasteiger partial charge in [-0.1, -0.05) is 11.6 Å². The molecule has 0 spiro atoms. The van der Waals surface area contributed by atoms with Crippen LogP contribution in [0.1, 0.15) is 36.8 Å². The lowest BCUT2D eigenvalue weighted by Crippen LogP contribution is -2.23. The molecule has 0 saturated carbocycles. The first kappa shape index (κ1) is 31.4. The number of aliphatic hydroxyl groups excluding tert-OH is 1. The van der Waals surface area contributed by atoms with E-state index in [1.807, 2.05) is 0 Å². The summed E-state index contributed by atoms with van der Waals surface area (Å²) in [4.78, 5) is 15.0. The molecule has 2 fully saturated rings. The van der Waals surface area contributed by atoms with Gasteiger partial charge in [0.2, 0.25) is 10.6 Å². The van der Waals surface area contributed by atoms with Crippen molar-refractivity contribution in [1.29, 1.82) is 0 Å². The molecule has 2 aliphatic heterocycles. The lowest BCUT2D eigenvalue weighted by Gasteiger charge is -2.20. The van der Waals surface area contributed by atoms with Gasteiger partial charge in [-0.3, -0.25) is 0 Å². The fourth-order valence-electron chi connectivity index (χ4n) is 2.88. The number of nitrogens with zero attached hydrogens (tertiary/aromatic N) is 5. The summed E-state index contributed by atoms with van der Waals surface area (Å²) < 4.78 is 74.0. The van der Waals surface area contributed by atoms with Gasteiger partial charge in [-0.05, 0) is 62.0 Å². The molecule has 2 N–H and O–H groups in total. The lowest BCUT2D eigenvalue weighted by atomic mass is 10.3. The summed E-state index contributed by atoms with van der Waals surface area (Å²) in [5.41, 5.74) is -1.91. The number of aliphatic hydroxyl groups is 1. The van der Waals surface area contributed by atoms with Gasteiger partial charge in [0.1, 0.15) is 22.1 Å². The second-order valence-electron chi connectivity index (χ2n) is 6.87. The molecule has 4 rings (SSSR count). The molecular formula is C19H23Cl3F6N6O. The molecule has 2 aromatic heterocycles. The normalized spacial score (nSPS) is 15.3. The number of alkyl halides is 6. The van der Waals surface area contributed by atoms with Gasteiger partial charge >= 0.3 is 12.4 Å². The molecule has 0 radical (unpaired) electrons. The summed E-state index contributed by atoms with van der Waals surface area (Å²) in [5.74, 6) is -0.106. The molecule has 2 aliphatic rings. The fourth-order valence-corrected chi connectivity index (χ4v) is 3.42. The third-order valence-corrected chi connectivity index (χ3v) is 5.08. The predicted octanol–water partition coefficient (Wildman–Crippen LogP) is 5.53. The number of aromatic nitrogens is 4. The third kappa shape index (κ3) is 10.9. The van der Waals surface area contributed by atoms with Crippen LogP contribution in [0.25, 0.3) is 0 Å². The Morgan fingerprint density at radius 1 is 0.771 bits per heavy atom. The standard InChI is InChI=1S/C9H9ClF3N3.C5HCl2F3N2.C4H9N.CH4O/c10-8-14-5-6(9(11,12)13)7(15-8)16-3-1-2-4-16;6-3-2(5(8,9)10)1-11-4(7)12-3;1-2-4-5-3-1;1-2/h5H,1-4H2;1H;5H,1-4H2;2H,1H3. The van der Waals surface area contributed by atoms with E-state index in [0.29, 0.717) is 19.3 Å². The van der Waals surface area contributed by atoms with Crippen molar-refractivity contribution in [1.82, 2.24) is 25.3 Å². The van der Waals surface area contributed by atoms with Gasteiger partial charge in [-0.15, -0.1) is 0 Å². The number of hydrogen-bond donors (Lipinski definition) is 2. The second kappa shape index (κ2) is 14.8. The maximum absolute atomic E-state index is 12.7. The minimum Gasteiger partial charge on any atom is -0.400 e. The van der Waals surface area contributed by atoms with Crippen molar-refractivity contribution in [3.63, 3.8) is 0 Å². The van der Waals surface area contributed by atoms with E-state index in [9.17, 15) is 26.3 Å². The molecule has 0 bridgehead atoms. The second-order valence-corrected chi connectivity index (χ2v) is 7.90. The monoisotopic (exact) mass is 570 g/mol. The van der Waals surface area contributed by atoms with Crippen LogP contribution in [-0.4, -0.2) is 58.3 Å². The fraction of sp³-hybridized carbons (Fsp3) is 0.579. The van der Waals surface area contributed by atoms with Crippen LogP contribution in [0.3, 0.4) is 0 Å². The van der Waals surface area contributed by atoms with E-state index < -0.39 is 28.6 Å². The number of nitrogens with one attached hydrogen (secondary N) is 1. The van der Waals surface area contributed by atoms with E-state index in [-0.39, 0.29) is 16.4 Å². The van der Waals surface area contributed by atoms with Crippen LogP contribution in [0.5, 0.6) is 0 Å². The summed E-state index contributed by atoms with van der Waals surface area (Å²) in [7, 11) is 1.00. The zero-order valence-corrected chi connectivity index (χ0v) is 20.7. The average molecular weight is 572 g/mol. The van der Waals surface area contributed by atoms with Gasteiger partial charge < -0.3 is 15.3 Å². The smallest absolute Gasteiger partial charge is 0.400 e. The third-order valence-electron chi connectivity index (χ3n) is 4.43. The van der Waals surface area contributed by atoms with E-state index in [1.54, 1.807) is 4.90 Å². The molecular weight excluding hydrogens is 549 g/mol. The van der Waals surface area contributed by atoms with Gasteiger partial charge in [0.05, 0.1) is 0 Å². The average Bonchev–Trinajstić information content (AvgIpc) is 3.51. The minimum absolute atomic E-state index is 0.106. The van der Waals surface area contributed by atoms with Crippen molar-refractivity contribution in [3.05, 3.63) is 39.2 Å². The lowest BCUT2D eigenvalue weighted by molar-refractivity contribution is -0.138. The van der Waals surface area contributed by atoms with Gasteiger partial charge in [0.25, 0.3) is 0 Å². The highest BCUT2D eigenvalue weighted by molar-refractivity contribution is 6.32. The Morgan fingerprint density at radius 3 is 1.63 bits per heavy atom. The zero-order valence-electron chi connectivity index (χ0n) is 18.4. The molecule has 2 saturated heterocycles. The van der Waals surface area contributed by atoms with Crippen molar-refractivity contribution in [3.8, 4) is 0 Å². The topological polar surface area (TPSA) is 87.1 Å². The van der Waals surface area contributed by atoms with Crippen molar-refractivity contribution < 1.29 is 31.4 Å². The Labute approximate surface area is 212 Å². The summed E-state index contributed by atoms with van der Waals surface area (Å²) in [6.45, 7) is 3.66. The SMILES string of the molecule is C1CCNC1.CO.FC(F)(F)c1cnc(Cl)nc1Cl.FC(F)(F)c1cnc(Cl)nc1N1CCCC1. The zero-order chi connectivity index (χ0) is 26.6. The molecule has 35 heavy (non-hydrogen) atoms. The number of hydrogen-bond acceptors (Lipinski definition) is 7. The van der Waals surface area contributed by atoms with E-state index >= 15 is 0 Å². The van der Waals surface area contributed by atoms with E-state index in [0.717, 1.165) is 26.1 Å². The molecule has 2 aromatic rings. The number of rotatable bonds is 1. The minimum atomic E-state index is -4.54. The highest BCUT2D eigenvalue weighted by Gasteiger charge is 2.37. The van der Waals surface area contributed by atoms with Gasteiger partial charge in [0.15, 0.2) is 0 Å². The van der Waals surface area contributed by atoms with Crippen LogP contribution in [-0.2, 0) is 12.4 Å². The van der Waals surface area contributed by atoms with Crippen molar-refractivity contribution in [2.24, 2.45) is 0 Å². The molecule has 0 amide bonds. The number of halogens is 9. The first-order valence-electron chi connectivity index (χ1n) is 10.1.